The summed E-state index contributed by atoms with van der Waals surface area (Å²) in [5, 5.41) is 12.1. The Morgan fingerprint density at radius 2 is 1.70 bits per heavy atom. The van der Waals surface area contributed by atoms with Crippen molar-refractivity contribution in [2.45, 2.75) is 25.1 Å². The lowest BCUT2D eigenvalue weighted by Crippen LogP contribution is -2.53. The van der Waals surface area contributed by atoms with Crippen LogP contribution in [0.3, 0.4) is 0 Å². The van der Waals surface area contributed by atoms with Gasteiger partial charge in [-0.2, -0.15) is 0 Å². The molecule has 0 aliphatic carbocycles. The van der Waals surface area contributed by atoms with E-state index in [1.165, 1.54) is 5.56 Å². The predicted octanol–water partition coefficient (Wildman–Crippen LogP) is 1.70. The van der Waals surface area contributed by atoms with Crippen molar-refractivity contribution in [3.8, 4) is 0 Å². The Morgan fingerprint density at radius 1 is 1.07 bits per heavy atom. The van der Waals surface area contributed by atoms with Crippen molar-refractivity contribution in [3.05, 3.63) is 71.8 Å². The van der Waals surface area contributed by atoms with Gasteiger partial charge in [0.2, 0.25) is 0 Å². The van der Waals surface area contributed by atoms with Gasteiger partial charge in [-0.15, -0.1) is 0 Å². The van der Waals surface area contributed by atoms with Gasteiger partial charge < -0.3 is 15.2 Å². The van der Waals surface area contributed by atoms with Crippen molar-refractivity contribution >= 4 is 11.9 Å². The van der Waals surface area contributed by atoms with Crippen molar-refractivity contribution < 1.29 is 19.4 Å². The molecule has 1 aliphatic rings. The van der Waals surface area contributed by atoms with Gasteiger partial charge in [-0.05, 0) is 11.1 Å². The van der Waals surface area contributed by atoms with E-state index in [9.17, 15) is 14.7 Å². The lowest BCUT2D eigenvalue weighted by atomic mass is 10.1. The number of amides is 1. The zero-order chi connectivity index (χ0) is 19.1. The van der Waals surface area contributed by atoms with Crippen LogP contribution in [0.5, 0.6) is 0 Å². The number of carbonyl (C=O) groups is 2. The van der Waals surface area contributed by atoms with E-state index in [-0.39, 0.29) is 12.3 Å². The molecule has 0 aromatic heterocycles. The highest BCUT2D eigenvalue weighted by Gasteiger charge is 2.30. The second-order valence-corrected chi connectivity index (χ2v) is 6.67. The molecular weight excluding hydrogens is 344 g/mol. The maximum Gasteiger partial charge on any atom is 0.326 e. The van der Waals surface area contributed by atoms with Crippen LogP contribution < -0.4 is 5.32 Å². The highest BCUT2D eigenvalue weighted by Crippen LogP contribution is 2.11. The Bertz CT molecular complexity index is 751. The molecular formula is C21H24N2O4. The Morgan fingerprint density at radius 3 is 2.33 bits per heavy atom. The molecule has 1 saturated heterocycles. The van der Waals surface area contributed by atoms with Crippen LogP contribution in [0.4, 0.5) is 0 Å². The van der Waals surface area contributed by atoms with Crippen molar-refractivity contribution in [1.29, 1.82) is 0 Å². The van der Waals surface area contributed by atoms with E-state index in [0.29, 0.717) is 13.2 Å². The fraction of sp³-hybridized carbons (Fsp3) is 0.333. The molecule has 3 rings (SSSR count). The molecule has 0 radical (unpaired) electrons. The molecule has 6 heteroatoms. The normalized spacial score (nSPS) is 18.6. The molecule has 1 heterocycles. The summed E-state index contributed by atoms with van der Waals surface area (Å²) in [4.78, 5) is 26.3. The van der Waals surface area contributed by atoms with E-state index in [1.807, 2.05) is 60.7 Å². The second kappa shape index (κ2) is 9.30. The first-order valence-corrected chi connectivity index (χ1v) is 9.07. The first-order valence-electron chi connectivity index (χ1n) is 9.07. The Hall–Kier alpha value is -2.70. The van der Waals surface area contributed by atoms with Gasteiger partial charge in [0.25, 0.3) is 5.91 Å². The van der Waals surface area contributed by atoms with Crippen molar-refractivity contribution in [2.24, 2.45) is 0 Å². The third kappa shape index (κ3) is 5.64. The summed E-state index contributed by atoms with van der Waals surface area (Å²) in [6.07, 6.45) is -0.428. The van der Waals surface area contributed by atoms with Crippen LogP contribution in [0.25, 0.3) is 0 Å². The zero-order valence-electron chi connectivity index (χ0n) is 15.1. The summed E-state index contributed by atoms with van der Waals surface area (Å²) in [7, 11) is 0. The lowest BCUT2D eigenvalue weighted by Gasteiger charge is -2.32. The van der Waals surface area contributed by atoms with Crippen molar-refractivity contribution in [1.82, 2.24) is 10.2 Å². The average Bonchev–Trinajstić information content (AvgIpc) is 2.69. The molecule has 6 nitrogen and oxygen atoms in total. The number of carboxylic acid groups (broad SMARTS) is 1. The maximum atomic E-state index is 12.6. The van der Waals surface area contributed by atoms with Gasteiger partial charge in [0.15, 0.2) is 0 Å². The molecule has 2 N–H and O–H groups in total. The number of ether oxygens (including phenoxy) is 1. The molecule has 142 valence electrons. The Kier molecular flexibility index (Phi) is 6.57. The third-order valence-electron chi connectivity index (χ3n) is 4.59. The number of rotatable bonds is 7. The first kappa shape index (κ1) is 19.1. The fourth-order valence-corrected chi connectivity index (χ4v) is 3.16. The quantitative estimate of drug-likeness (QED) is 0.778. The van der Waals surface area contributed by atoms with Crippen LogP contribution in [0.15, 0.2) is 60.7 Å². The number of carbonyl (C=O) groups excluding carboxylic acids is 1. The number of benzene rings is 2. The monoisotopic (exact) mass is 368 g/mol. The SMILES string of the molecule is O=C(N[C@H](Cc1ccccc1)C(=O)O)C1CN(Cc2ccccc2)CCO1. The largest absolute Gasteiger partial charge is 0.480 e. The average molecular weight is 368 g/mol. The summed E-state index contributed by atoms with van der Waals surface area (Å²) in [6, 6.07) is 18.3. The van der Waals surface area contributed by atoms with Gasteiger partial charge in [0.05, 0.1) is 6.61 Å². The zero-order valence-corrected chi connectivity index (χ0v) is 15.1. The standard InChI is InChI=1S/C21H24N2O4/c24-20(22-18(21(25)26)13-16-7-3-1-4-8-16)19-15-23(11-12-27-19)14-17-9-5-2-6-10-17/h1-10,18-19H,11-15H2,(H,22,24)(H,25,26)/t18-,19?/m1/s1. The number of hydrogen-bond donors (Lipinski definition) is 2. The minimum Gasteiger partial charge on any atom is -0.480 e. The summed E-state index contributed by atoms with van der Waals surface area (Å²) in [5.74, 6) is -1.43. The fourth-order valence-electron chi connectivity index (χ4n) is 3.16. The van der Waals surface area contributed by atoms with Crippen molar-refractivity contribution in [2.75, 3.05) is 19.7 Å². The topological polar surface area (TPSA) is 78.9 Å². The van der Waals surface area contributed by atoms with Gasteiger partial charge in [-0.25, -0.2) is 4.79 Å². The van der Waals surface area contributed by atoms with E-state index >= 15 is 0 Å². The van der Waals surface area contributed by atoms with Gasteiger partial charge in [-0.1, -0.05) is 60.7 Å². The number of morpholine rings is 1. The predicted molar refractivity (Wildman–Crippen MR) is 101 cm³/mol. The molecule has 2 aromatic carbocycles. The molecule has 0 bridgehead atoms. The van der Waals surface area contributed by atoms with Crippen LogP contribution in [-0.4, -0.2) is 53.7 Å². The van der Waals surface area contributed by atoms with Gasteiger partial charge in [-0.3, -0.25) is 9.69 Å². The van der Waals surface area contributed by atoms with E-state index in [4.69, 9.17) is 4.74 Å². The number of nitrogens with one attached hydrogen (secondary N) is 1. The van der Waals surface area contributed by atoms with E-state index in [1.54, 1.807) is 0 Å². The number of nitrogens with zero attached hydrogens (tertiary/aromatic N) is 1. The summed E-state index contributed by atoms with van der Waals surface area (Å²) >= 11 is 0. The highest BCUT2D eigenvalue weighted by molar-refractivity contribution is 5.86. The summed E-state index contributed by atoms with van der Waals surface area (Å²) in [6.45, 7) is 2.37. The summed E-state index contributed by atoms with van der Waals surface area (Å²) < 4.78 is 5.59. The molecule has 1 aliphatic heterocycles. The number of hydrogen-bond acceptors (Lipinski definition) is 4. The lowest BCUT2D eigenvalue weighted by molar-refractivity contribution is -0.146. The molecule has 2 aromatic rings. The molecule has 1 unspecified atom stereocenters. The molecule has 0 spiro atoms. The summed E-state index contributed by atoms with van der Waals surface area (Å²) in [5.41, 5.74) is 2.03. The van der Waals surface area contributed by atoms with Gasteiger partial charge in [0.1, 0.15) is 12.1 Å². The van der Waals surface area contributed by atoms with Crippen LogP contribution in [-0.2, 0) is 27.3 Å². The van der Waals surface area contributed by atoms with Crippen LogP contribution in [0.1, 0.15) is 11.1 Å². The first-order chi connectivity index (χ1) is 13.1. The molecule has 1 amide bonds. The van der Waals surface area contributed by atoms with E-state index < -0.39 is 18.1 Å². The molecule has 1 fully saturated rings. The van der Waals surface area contributed by atoms with Gasteiger partial charge >= 0.3 is 5.97 Å². The molecule has 27 heavy (non-hydrogen) atoms. The minimum absolute atomic E-state index is 0.238. The Balaban J connectivity index is 1.57. The highest BCUT2D eigenvalue weighted by atomic mass is 16.5. The maximum absolute atomic E-state index is 12.6. The second-order valence-electron chi connectivity index (χ2n) is 6.67. The van der Waals surface area contributed by atoms with E-state index in [2.05, 4.69) is 10.2 Å². The number of aliphatic carboxylic acids is 1. The smallest absolute Gasteiger partial charge is 0.326 e. The van der Waals surface area contributed by atoms with E-state index in [0.717, 1.165) is 18.7 Å². The van der Waals surface area contributed by atoms with Gasteiger partial charge in [0, 0.05) is 26.1 Å². The minimum atomic E-state index is -1.05. The van der Waals surface area contributed by atoms with Crippen LogP contribution in [0.2, 0.25) is 0 Å². The third-order valence-corrected chi connectivity index (χ3v) is 4.59. The number of carboxylic acids is 1. The Labute approximate surface area is 158 Å². The molecule has 2 atom stereocenters. The van der Waals surface area contributed by atoms with Crippen LogP contribution >= 0.6 is 0 Å². The van der Waals surface area contributed by atoms with Crippen LogP contribution in [0, 0.1) is 0 Å². The van der Waals surface area contributed by atoms with Crippen molar-refractivity contribution in [3.63, 3.8) is 0 Å². The molecule has 0 saturated carbocycles.